The van der Waals surface area contributed by atoms with Gasteiger partial charge in [0.25, 0.3) is 0 Å². The van der Waals surface area contributed by atoms with Crippen LogP contribution in [0.25, 0.3) is 0 Å². The largest absolute Gasteiger partial charge is 0.573 e. The molecule has 0 spiro atoms. The topological polar surface area (TPSA) is 64.7 Å². The van der Waals surface area contributed by atoms with Crippen molar-refractivity contribution in [2.24, 2.45) is 5.73 Å². The predicted molar refractivity (Wildman–Crippen MR) is 81.1 cm³/mol. The summed E-state index contributed by atoms with van der Waals surface area (Å²) in [5.41, 5.74) is 6.97. The van der Waals surface area contributed by atoms with E-state index in [9.17, 15) is 18.3 Å². The smallest absolute Gasteiger partial charge is 0.504 e. The molecule has 2 aromatic carbocycles. The van der Waals surface area contributed by atoms with Gasteiger partial charge in [0.15, 0.2) is 11.5 Å². The van der Waals surface area contributed by atoms with Gasteiger partial charge < -0.3 is 20.3 Å². The molecule has 8 heteroatoms. The summed E-state index contributed by atoms with van der Waals surface area (Å²) in [5.74, 6) is -0.170. The van der Waals surface area contributed by atoms with Gasteiger partial charge >= 0.3 is 6.36 Å². The van der Waals surface area contributed by atoms with Crippen LogP contribution in [0.3, 0.4) is 0 Å². The highest BCUT2D eigenvalue weighted by atomic mass is 35.5. The Hall–Kier alpha value is -2.12. The van der Waals surface area contributed by atoms with Crippen LogP contribution in [0.4, 0.5) is 13.2 Å². The van der Waals surface area contributed by atoms with E-state index in [0.717, 1.165) is 0 Å². The fourth-order valence-corrected chi connectivity index (χ4v) is 2.01. The maximum Gasteiger partial charge on any atom is 0.573 e. The van der Waals surface area contributed by atoms with E-state index in [1.54, 1.807) is 18.2 Å². The third-order valence-electron chi connectivity index (χ3n) is 3.06. The summed E-state index contributed by atoms with van der Waals surface area (Å²) in [6.45, 7) is 0. The van der Waals surface area contributed by atoms with Gasteiger partial charge in [-0.1, -0.05) is 24.3 Å². The molecule has 0 unspecified atom stereocenters. The number of benzene rings is 2. The first-order chi connectivity index (χ1) is 10.3. The van der Waals surface area contributed by atoms with Crippen molar-refractivity contribution in [3.05, 3.63) is 53.6 Å². The molecule has 0 saturated carbocycles. The molecule has 0 radical (unpaired) electrons. The van der Waals surface area contributed by atoms with E-state index in [0.29, 0.717) is 11.1 Å². The second-order valence-corrected chi connectivity index (χ2v) is 4.49. The van der Waals surface area contributed by atoms with Crippen LogP contribution in [0.5, 0.6) is 17.2 Å². The number of hydrogen-bond donors (Lipinski definition) is 2. The highest BCUT2D eigenvalue weighted by molar-refractivity contribution is 5.85. The van der Waals surface area contributed by atoms with E-state index in [1.165, 1.54) is 31.4 Å². The molecule has 1 atom stereocenters. The molecule has 0 aromatic heterocycles. The number of ether oxygens (including phenoxy) is 2. The second-order valence-electron chi connectivity index (χ2n) is 4.49. The molecule has 0 amide bonds. The number of alkyl halides is 3. The number of nitrogens with two attached hydrogens (primary N) is 1. The van der Waals surface area contributed by atoms with Crippen LogP contribution in [-0.4, -0.2) is 18.6 Å². The molecule has 0 saturated heterocycles. The average molecular weight is 350 g/mol. The van der Waals surface area contributed by atoms with Crippen molar-refractivity contribution in [2.75, 3.05) is 7.11 Å². The molecular formula is C15H15ClF3NO3. The van der Waals surface area contributed by atoms with Crippen LogP contribution in [0.1, 0.15) is 17.2 Å². The number of aromatic hydroxyl groups is 1. The monoisotopic (exact) mass is 349 g/mol. The van der Waals surface area contributed by atoms with Gasteiger partial charge in [-0.2, -0.15) is 0 Å². The first-order valence-electron chi connectivity index (χ1n) is 6.29. The lowest BCUT2D eigenvalue weighted by molar-refractivity contribution is -0.274. The standard InChI is InChI=1S/C15H14F3NO3.ClH/c1-21-12-4-2-3-11(14(12)20)13(19)9-5-7-10(8-6-9)22-15(16,17)18;/h2-8,13,20H,19H2,1H3;1H/t13-;/m1./s1. The summed E-state index contributed by atoms with van der Waals surface area (Å²) < 4.78 is 45.1. The Morgan fingerprint density at radius 3 is 2.22 bits per heavy atom. The number of phenols is 1. The van der Waals surface area contributed by atoms with Gasteiger partial charge in [-0.3, -0.25) is 0 Å². The normalized spacial score (nSPS) is 12.2. The second kappa shape index (κ2) is 7.43. The number of halogens is 4. The Balaban J connectivity index is 0.00000264. The maximum absolute atomic E-state index is 12.1. The minimum Gasteiger partial charge on any atom is -0.504 e. The van der Waals surface area contributed by atoms with Gasteiger partial charge in [-0.25, -0.2) is 0 Å². The summed E-state index contributed by atoms with van der Waals surface area (Å²) in [5, 5.41) is 10.0. The van der Waals surface area contributed by atoms with E-state index >= 15 is 0 Å². The summed E-state index contributed by atoms with van der Waals surface area (Å²) in [7, 11) is 1.41. The summed E-state index contributed by atoms with van der Waals surface area (Å²) >= 11 is 0. The van der Waals surface area contributed by atoms with Crippen LogP contribution < -0.4 is 15.2 Å². The van der Waals surface area contributed by atoms with Crippen LogP contribution in [0, 0.1) is 0 Å². The van der Waals surface area contributed by atoms with Crippen molar-refractivity contribution in [3.8, 4) is 17.2 Å². The molecule has 126 valence electrons. The maximum atomic E-state index is 12.1. The van der Waals surface area contributed by atoms with Crippen LogP contribution in [-0.2, 0) is 0 Å². The zero-order valence-electron chi connectivity index (χ0n) is 12.0. The zero-order chi connectivity index (χ0) is 16.3. The lowest BCUT2D eigenvalue weighted by Gasteiger charge is -2.16. The van der Waals surface area contributed by atoms with E-state index < -0.39 is 12.4 Å². The predicted octanol–water partition coefficient (Wildman–Crippen LogP) is 3.77. The fraction of sp³-hybridized carbons (Fsp3) is 0.200. The molecule has 0 aliphatic rings. The van der Waals surface area contributed by atoms with Crippen molar-refractivity contribution < 1.29 is 27.8 Å². The molecule has 0 heterocycles. The SMILES string of the molecule is COc1cccc([C@H](N)c2ccc(OC(F)(F)F)cc2)c1O.Cl. The van der Waals surface area contributed by atoms with Crippen molar-refractivity contribution in [2.45, 2.75) is 12.4 Å². The summed E-state index contributed by atoms with van der Waals surface area (Å²) in [6, 6.07) is 9.29. The highest BCUT2D eigenvalue weighted by Gasteiger charge is 2.31. The number of hydrogen-bond acceptors (Lipinski definition) is 4. The third kappa shape index (κ3) is 4.67. The van der Waals surface area contributed by atoms with E-state index in [2.05, 4.69) is 4.74 Å². The van der Waals surface area contributed by atoms with Gasteiger partial charge in [0.1, 0.15) is 5.75 Å². The fourth-order valence-electron chi connectivity index (χ4n) is 2.01. The van der Waals surface area contributed by atoms with E-state index in [1.807, 2.05) is 0 Å². The molecule has 0 aliphatic carbocycles. The molecule has 2 aromatic rings. The number of para-hydroxylation sites is 1. The molecule has 0 aliphatic heterocycles. The lowest BCUT2D eigenvalue weighted by Crippen LogP contribution is -2.17. The summed E-state index contributed by atoms with van der Waals surface area (Å²) in [4.78, 5) is 0. The quantitative estimate of drug-likeness (QED) is 0.882. The molecule has 0 fully saturated rings. The van der Waals surface area contributed by atoms with Crippen molar-refractivity contribution in [1.29, 1.82) is 0 Å². The zero-order valence-corrected chi connectivity index (χ0v) is 12.8. The van der Waals surface area contributed by atoms with Gasteiger partial charge in [-0.05, 0) is 23.8 Å². The first kappa shape index (κ1) is 18.9. The molecule has 23 heavy (non-hydrogen) atoms. The van der Waals surface area contributed by atoms with Gasteiger partial charge in [-0.15, -0.1) is 25.6 Å². The van der Waals surface area contributed by atoms with Crippen LogP contribution >= 0.6 is 12.4 Å². The molecular weight excluding hydrogens is 335 g/mol. The van der Waals surface area contributed by atoms with Gasteiger partial charge in [0.05, 0.1) is 13.2 Å². The van der Waals surface area contributed by atoms with Gasteiger partial charge in [0, 0.05) is 5.56 Å². The summed E-state index contributed by atoms with van der Waals surface area (Å²) in [6.07, 6.45) is -4.74. The van der Waals surface area contributed by atoms with Gasteiger partial charge in [0.2, 0.25) is 0 Å². The minimum atomic E-state index is -4.74. The first-order valence-corrected chi connectivity index (χ1v) is 6.29. The Labute approximate surface area is 137 Å². The molecule has 4 nitrogen and oxygen atoms in total. The van der Waals surface area contributed by atoms with Crippen molar-refractivity contribution >= 4 is 12.4 Å². The van der Waals surface area contributed by atoms with Crippen LogP contribution in [0.2, 0.25) is 0 Å². The number of rotatable bonds is 4. The average Bonchev–Trinajstić information content (AvgIpc) is 2.46. The molecule has 2 rings (SSSR count). The minimum absolute atomic E-state index is 0. The number of phenolic OH excluding ortho intramolecular Hbond substituents is 1. The van der Waals surface area contributed by atoms with Crippen LogP contribution in [0.15, 0.2) is 42.5 Å². The van der Waals surface area contributed by atoms with Crippen molar-refractivity contribution in [3.63, 3.8) is 0 Å². The van der Waals surface area contributed by atoms with E-state index in [4.69, 9.17) is 10.5 Å². The molecule has 0 bridgehead atoms. The van der Waals surface area contributed by atoms with Crippen molar-refractivity contribution in [1.82, 2.24) is 0 Å². The number of methoxy groups -OCH3 is 1. The Bertz CT molecular complexity index is 647. The Morgan fingerprint density at radius 2 is 1.70 bits per heavy atom. The highest BCUT2D eigenvalue weighted by Crippen LogP contribution is 2.35. The Kier molecular flexibility index (Phi) is 6.12. The van der Waals surface area contributed by atoms with E-state index in [-0.39, 0.29) is 29.7 Å². The lowest BCUT2D eigenvalue weighted by atomic mass is 9.98. The molecule has 3 N–H and O–H groups in total. The third-order valence-corrected chi connectivity index (χ3v) is 3.06. The Morgan fingerprint density at radius 1 is 1.09 bits per heavy atom.